The standard InChI is InChI=1S/C31H25F2N3O2/c1-15(2)23-13-28(34)36-16(3)26(23)14-35-31(37)18-5-8-22-25(11-18)30-24-10-17(4-7-21(24)29(22)38-30)20-9-6-19(32)12-27(20)33/h4-13,15H,14H2,1-3H3,(H2,34,36)(H,35,37). The molecule has 7 heteroatoms. The van der Waals surface area contributed by atoms with E-state index >= 15 is 0 Å². The zero-order valence-electron chi connectivity index (χ0n) is 21.2. The van der Waals surface area contributed by atoms with E-state index in [-0.39, 0.29) is 11.8 Å². The minimum absolute atomic E-state index is 0.213. The number of hydrogen-bond acceptors (Lipinski definition) is 4. The van der Waals surface area contributed by atoms with Crippen molar-refractivity contribution in [3.05, 3.63) is 94.7 Å². The highest BCUT2D eigenvalue weighted by Gasteiger charge is 2.20. The molecule has 0 fully saturated rings. The molecule has 0 unspecified atom stereocenters. The number of aryl methyl sites for hydroxylation is 1. The van der Waals surface area contributed by atoms with Gasteiger partial charge in [-0.15, -0.1) is 0 Å². The summed E-state index contributed by atoms with van der Waals surface area (Å²) in [5, 5.41) is 6.46. The largest absolute Gasteiger partial charge is 0.455 e. The summed E-state index contributed by atoms with van der Waals surface area (Å²) in [4.78, 5) is 17.5. The summed E-state index contributed by atoms with van der Waals surface area (Å²) in [7, 11) is 0. The Labute approximate surface area is 217 Å². The molecule has 190 valence electrons. The van der Waals surface area contributed by atoms with Gasteiger partial charge in [-0.05, 0) is 78.1 Å². The second-order valence-electron chi connectivity index (χ2n) is 9.94. The predicted molar refractivity (Wildman–Crippen MR) is 146 cm³/mol. The number of carbonyl (C=O) groups is 1. The normalized spacial score (nSPS) is 11.8. The van der Waals surface area contributed by atoms with Crippen LogP contribution in [-0.2, 0) is 6.54 Å². The first kappa shape index (κ1) is 23.9. The van der Waals surface area contributed by atoms with Crippen molar-refractivity contribution in [2.24, 2.45) is 0 Å². The van der Waals surface area contributed by atoms with Crippen LogP contribution in [0.5, 0.6) is 0 Å². The summed E-state index contributed by atoms with van der Waals surface area (Å²) < 4.78 is 33.9. The van der Waals surface area contributed by atoms with Crippen LogP contribution in [0.2, 0.25) is 0 Å². The van der Waals surface area contributed by atoms with Crippen molar-refractivity contribution >= 4 is 44.4 Å². The first-order valence-electron chi connectivity index (χ1n) is 12.4. The van der Waals surface area contributed by atoms with Crippen molar-refractivity contribution in [1.82, 2.24) is 10.3 Å². The molecule has 0 aliphatic rings. The average Bonchev–Trinajstić information content (AvgIpc) is 3.44. The summed E-state index contributed by atoms with van der Waals surface area (Å²) in [5.41, 5.74) is 11.5. The number of fused-ring (bicyclic) bond motifs is 8. The monoisotopic (exact) mass is 509 g/mol. The molecule has 0 atom stereocenters. The Morgan fingerprint density at radius 3 is 2.39 bits per heavy atom. The van der Waals surface area contributed by atoms with Crippen LogP contribution in [0.1, 0.15) is 46.9 Å². The lowest BCUT2D eigenvalue weighted by molar-refractivity contribution is 0.0951. The maximum Gasteiger partial charge on any atom is 0.251 e. The highest BCUT2D eigenvalue weighted by atomic mass is 19.1. The van der Waals surface area contributed by atoms with E-state index in [1.165, 1.54) is 12.1 Å². The van der Waals surface area contributed by atoms with Crippen molar-refractivity contribution in [1.29, 1.82) is 0 Å². The summed E-state index contributed by atoms with van der Waals surface area (Å²) in [5.74, 6) is -0.759. The van der Waals surface area contributed by atoms with Gasteiger partial charge in [0.15, 0.2) is 0 Å². The van der Waals surface area contributed by atoms with Crippen LogP contribution in [0.15, 0.2) is 65.1 Å². The Kier molecular flexibility index (Phi) is 5.52. The lowest BCUT2D eigenvalue weighted by atomic mass is 9.96. The number of anilines is 1. The van der Waals surface area contributed by atoms with E-state index in [0.29, 0.717) is 40.2 Å². The molecule has 0 saturated carbocycles. The van der Waals surface area contributed by atoms with E-state index in [0.717, 1.165) is 44.4 Å². The molecule has 6 rings (SSSR count). The van der Waals surface area contributed by atoms with Gasteiger partial charge in [-0.25, -0.2) is 13.8 Å². The van der Waals surface area contributed by atoms with Gasteiger partial charge in [-0.1, -0.05) is 19.9 Å². The van der Waals surface area contributed by atoms with Crippen molar-refractivity contribution in [3.8, 4) is 11.1 Å². The molecule has 3 aromatic carbocycles. The highest BCUT2D eigenvalue weighted by molar-refractivity contribution is 6.26. The molecule has 0 saturated heterocycles. The first-order chi connectivity index (χ1) is 18.2. The second kappa shape index (κ2) is 8.80. The number of carbonyl (C=O) groups excluding carboxylic acids is 1. The number of benzene rings is 4. The molecule has 6 aromatic rings. The maximum atomic E-state index is 14.4. The van der Waals surface area contributed by atoms with Crippen LogP contribution in [0, 0.1) is 18.6 Å². The number of pyridine rings is 1. The molecule has 3 heterocycles. The molecular formula is C31H25F2N3O2. The fraction of sp³-hybridized carbons (Fsp3) is 0.161. The number of nitrogens with two attached hydrogens (primary N) is 1. The topological polar surface area (TPSA) is 81.1 Å². The van der Waals surface area contributed by atoms with Crippen LogP contribution in [0.3, 0.4) is 0 Å². The van der Waals surface area contributed by atoms with Crippen molar-refractivity contribution in [2.45, 2.75) is 33.2 Å². The molecule has 3 aromatic heterocycles. The Balaban J connectivity index is 1.35. The minimum atomic E-state index is -0.627. The highest BCUT2D eigenvalue weighted by Crippen LogP contribution is 2.42. The van der Waals surface area contributed by atoms with Gasteiger partial charge in [-0.2, -0.15) is 0 Å². The van der Waals surface area contributed by atoms with Gasteiger partial charge < -0.3 is 15.5 Å². The van der Waals surface area contributed by atoms with E-state index < -0.39 is 11.6 Å². The number of aromatic nitrogens is 1. The van der Waals surface area contributed by atoms with Gasteiger partial charge in [0.2, 0.25) is 0 Å². The number of nitrogens with one attached hydrogen (secondary N) is 1. The molecule has 2 bridgehead atoms. The lowest BCUT2D eigenvalue weighted by Gasteiger charge is -2.16. The van der Waals surface area contributed by atoms with Crippen LogP contribution in [-0.4, -0.2) is 10.9 Å². The Hall–Kier alpha value is -4.52. The molecule has 3 N–H and O–H groups in total. The van der Waals surface area contributed by atoms with Crippen LogP contribution < -0.4 is 11.1 Å². The summed E-state index contributed by atoms with van der Waals surface area (Å²) in [6, 6.07) is 16.4. The molecule has 1 amide bonds. The summed E-state index contributed by atoms with van der Waals surface area (Å²) in [6.07, 6.45) is 0. The Morgan fingerprint density at radius 2 is 1.66 bits per heavy atom. The number of nitrogens with zero attached hydrogens (tertiary/aromatic N) is 1. The van der Waals surface area contributed by atoms with Gasteiger partial charge in [0, 0.05) is 51.0 Å². The quantitative estimate of drug-likeness (QED) is 0.236. The van der Waals surface area contributed by atoms with Crippen molar-refractivity contribution in [2.75, 3.05) is 5.73 Å². The molecule has 0 radical (unpaired) electrons. The number of furan rings is 2. The summed E-state index contributed by atoms with van der Waals surface area (Å²) in [6.45, 7) is 6.39. The van der Waals surface area contributed by atoms with E-state index in [1.54, 1.807) is 12.1 Å². The average molecular weight is 510 g/mol. The van der Waals surface area contributed by atoms with Crippen LogP contribution in [0.4, 0.5) is 14.6 Å². The molecule has 38 heavy (non-hydrogen) atoms. The molecule has 5 nitrogen and oxygen atoms in total. The number of rotatable bonds is 5. The van der Waals surface area contributed by atoms with Gasteiger partial charge in [0.1, 0.15) is 28.6 Å². The van der Waals surface area contributed by atoms with E-state index in [9.17, 15) is 13.6 Å². The second-order valence-corrected chi connectivity index (χ2v) is 9.94. The van der Waals surface area contributed by atoms with Gasteiger partial charge in [0.05, 0.1) is 0 Å². The third-order valence-electron chi connectivity index (χ3n) is 7.16. The van der Waals surface area contributed by atoms with Gasteiger partial charge in [-0.3, -0.25) is 4.79 Å². The number of amides is 1. The predicted octanol–water partition coefficient (Wildman–Crippen LogP) is 7.46. The van der Waals surface area contributed by atoms with Gasteiger partial charge in [0.25, 0.3) is 5.91 Å². The molecular weight excluding hydrogens is 484 g/mol. The fourth-order valence-electron chi connectivity index (χ4n) is 5.27. The molecule has 0 aliphatic carbocycles. The zero-order valence-corrected chi connectivity index (χ0v) is 21.2. The SMILES string of the molecule is Cc1nc(N)cc(C(C)C)c1CNC(=O)c1ccc2c(c1)c1oc2c2ccc(-c3ccc(F)cc3F)cc21. The van der Waals surface area contributed by atoms with Crippen LogP contribution >= 0.6 is 0 Å². The third-order valence-corrected chi connectivity index (χ3v) is 7.16. The van der Waals surface area contributed by atoms with Gasteiger partial charge >= 0.3 is 0 Å². The smallest absolute Gasteiger partial charge is 0.251 e. The lowest BCUT2D eigenvalue weighted by Crippen LogP contribution is -2.24. The Bertz CT molecular complexity index is 1870. The maximum absolute atomic E-state index is 14.4. The molecule has 0 spiro atoms. The zero-order chi connectivity index (χ0) is 26.7. The first-order valence-corrected chi connectivity index (χ1v) is 12.4. The van der Waals surface area contributed by atoms with Crippen molar-refractivity contribution in [3.63, 3.8) is 0 Å². The van der Waals surface area contributed by atoms with Crippen LogP contribution in [0.25, 0.3) is 43.8 Å². The number of halogens is 2. The van der Waals surface area contributed by atoms with E-state index in [1.807, 2.05) is 37.3 Å². The third kappa shape index (κ3) is 3.82. The Morgan fingerprint density at radius 1 is 0.947 bits per heavy atom. The number of hydrogen-bond donors (Lipinski definition) is 2. The minimum Gasteiger partial charge on any atom is -0.455 e. The van der Waals surface area contributed by atoms with E-state index in [4.69, 9.17) is 10.2 Å². The fourth-order valence-corrected chi connectivity index (χ4v) is 5.27. The number of nitrogen functional groups attached to an aromatic ring is 1. The van der Waals surface area contributed by atoms with E-state index in [2.05, 4.69) is 24.1 Å². The summed E-state index contributed by atoms with van der Waals surface area (Å²) >= 11 is 0. The van der Waals surface area contributed by atoms with Crippen molar-refractivity contribution < 1.29 is 18.0 Å². The molecule has 0 aliphatic heterocycles.